The number of nitro benzene ring substituents is 1. The minimum Gasteiger partial charge on any atom is -0.494 e. The van der Waals surface area contributed by atoms with E-state index >= 15 is 0 Å². The molecule has 0 spiro atoms. The number of rotatable bonds is 4. The topological polar surface area (TPSA) is 123 Å². The fraction of sp³-hybridized carbons (Fsp3) is 0.462. The number of likely N-dealkylation sites (N-methyl/N-ethyl adjacent to an activating group) is 1. The summed E-state index contributed by atoms with van der Waals surface area (Å²) in [6.45, 7) is 3.11. The second kappa shape index (κ2) is 6.48. The van der Waals surface area contributed by atoms with Crippen molar-refractivity contribution in [3.05, 3.63) is 22.2 Å². The number of methoxy groups -OCH3 is 1. The molecule has 1 aliphatic rings. The third-order valence-corrected chi connectivity index (χ3v) is 3.57. The van der Waals surface area contributed by atoms with Crippen LogP contribution in [-0.4, -0.2) is 56.1 Å². The van der Waals surface area contributed by atoms with Crippen LogP contribution in [0.15, 0.2) is 17.1 Å². The molecule has 0 unspecified atom stereocenters. The predicted molar refractivity (Wildman–Crippen MR) is 84.8 cm³/mol. The molecule has 0 bridgehead atoms. The average Bonchev–Trinajstić information content (AvgIpc) is 2.47. The Hall–Kier alpha value is -2.55. The Morgan fingerprint density at radius 1 is 1.32 bits per heavy atom. The molecule has 0 aromatic heterocycles. The van der Waals surface area contributed by atoms with Gasteiger partial charge in [0.1, 0.15) is 17.1 Å². The largest absolute Gasteiger partial charge is 0.494 e. The lowest BCUT2D eigenvalue weighted by molar-refractivity contribution is -0.384. The predicted octanol–water partition coefficient (Wildman–Crippen LogP) is 0.260. The maximum Gasteiger partial charge on any atom is 0.294 e. The molecule has 22 heavy (non-hydrogen) atoms. The van der Waals surface area contributed by atoms with Gasteiger partial charge in [-0.15, -0.1) is 0 Å². The van der Waals surface area contributed by atoms with Gasteiger partial charge in [-0.2, -0.15) is 0 Å². The molecule has 0 atom stereocenters. The van der Waals surface area contributed by atoms with Crippen molar-refractivity contribution in [2.75, 3.05) is 45.2 Å². The van der Waals surface area contributed by atoms with E-state index in [1.807, 2.05) is 11.9 Å². The van der Waals surface area contributed by atoms with Gasteiger partial charge in [-0.3, -0.25) is 10.1 Å². The minimum atomic E-state index is -0.432. The lowest BCUT2D eigenvalue weighted by atomic mass is 10.2. The number of ether oxygens (including phenoxy) is 1. The van der Waals surface area contributed by atoms with Gasteiger partial charge in [0, 0.05) is 38.3 Å². The standard InChI is InChI=1S/C13H20N6O3/c1-17-3-5-18(6-4-17)10-8-12(22-2)9(16-13(14)15)7-11(10)19(20)21/h7-8H,3-6H2,1-2H3,(H4,14,15,16). The molecule has 4 N–H and O–H groups in total. The van der Waals surface area contributed by atoms with Crippen LogP contribution in [-0.2, 0) is 0 Å². The zero-order valence-electron chi connectivity index (χ0n) is 12.7. The van der Waals surface area contributed by atoms with E-state index in [4.69, 9.17) is 16.2 Å². The number of nitrogens with two attached hydrogens (primary N) is 2. The summed E-state index contributed by atoms with van der Waals surface area (Å²) in [6.07, 6.45) is 0. The molecule has 120 valence electrons. The molecule has 1 aliphatic heterocycles. The highest BCUT2D eigenvalue weighted by molar-refractivity contribution is 5.82. The maximum absolute atomic E-state index is 11.4. The molecule has 2 rings (SSSR count). The summed E-state index contributed by atoms with van der Waals surface area (Å²) >= 11 is 0. The first-order valence-corrected chi connectivity index (χ1v) is 6.82. The van der Waals surface area contributed by atoms with Gasteiger partial charge < -0.3 is 26.0 Å². The van der Waals surface area contributed by atoms with Crippen LogP contribution in [0.2, 0.25) is 0 Å². The van der Waals surface area contributed by atoms with E-state index in [0.29, 0.717) is 24.5 Å². The van der Waals surface area contributed by atoms with E-state index in [2.05, 4.69) is 9.89 Å². The zero-order chi connectivity index (χ0) is 16.3. The van der Waals surface area contributed by atoms with Crippen LogP contribution in [0.4, 0.5) is 17.1 Å². The smallest absolute Gasteiger partial charge is 0.294 e. The molecule has 0 aliphatic carbocycles. The number of piperazine rings is 1. The Balaban J connectivity index is 2.48. The highest BCUT2D eigenvalue weighted by Gasteiger charge is 2.25. The first-order valence-electron chi connectivity index (χ1n) is 6.82. The summed E-state index contributed by atoms with van der Waals surface area (Å²) in [5.41, 5.74) is 11.4. The summed E-state index contributed by atoms with van der Waals surface area (Å²) in [7, 11) is 3.49. The van der Waals surface area contributed by atoms with Crippen molar-refractivity contribution in [2.45, 2.75) is 0 Å². The van der Waals surface area contributed by atoms with E-state index in [0.717, 1.165) is 13.1 Å². The van der Waals surface area contributed by atoms with E-state index in [9.17, 15) is 10.1 Å². The SMILES string of the molecule is COc1cc(N2CCN(C)CC2)c([N+](=O)[O-])cc1N=C(N)N. The summed E-state index contributed by atoms with van der Waals surface area (Å²) in [5, 5.41) is 11.4. The quantitative estimate of drug-likeness (QED) is 0.354. The van der Waals surface area contributed by atoms with Crippen LogP contribution in [0.5, 0.6) is 5.75 Å². The number of hydrogen-bond acceptors (Lipinski definition) is 6. The number of nitro groups is 1. The first-order chi connectivity index (χ1) is 10.4. The summed E-state index contributed by atoms with van der Waals surface area (Å²) in [4.78, 5) is 19.0. The third kappa shape index (κ3) is 3.37. The Morgan fingerprint density at radius 3 is 2.45 bits per heavy atom. The number of guanidine groups is 1. The number of aliphatic imine (C=N–C) groups is 1. The van der Waals surface area contributed by atoms with Crippen LogP contribution < -0.4 is 21.1 Å². The van der Waals surface area contributed by atoms with Crippen molar-refractivity contribution in [3.8, 4) is 5.75 Å². The molecule has 1 fully saturated rings. The lowest BCUT2D eigenvalue weighted by Gasteiger charge is -2.33. The van der Waals surface area contributed by atoms with Gasteiger partial charge in [0.05, 0.1) is 12.0 Å². The van der Waals surface area contributed by atoms with Gasteiger partial charge >= 0.3 is 0 Å². The van der Waals surface area contributed by atoms with Crippen LogP contribution in [0, 0.1) is 10.1 Å². The Morgan fingerprint density at radius 2 is 1.95 bits per heavy atom. The number of nitrogens with zero attached hydrogens (tertiary/aromatic N) is 4. The average molecular weight is 308 g/mol. The van der Waals surface area contributed by atoms with Crippen molar-refractivity contribution in [2.24, 2.45) is 16.5 Å². The van der Waals surface area contributed by atoms with E-state index in [1.54, 1.807) is 6.07 Å². The summed E-state index contributed by atoms with van der Waals surface area (Å²) in [6, 6.07) is 2.96. The van der Waals surface area contributed by atoms with E-state index < -0.39 is 4.92 Å². The molecule has 1 aromatic carbocycles. The van der Waals surface area contributed by atoms with Crippen LogP contribution in [0.3, 0.4) is 0 Å². The fourth-order valence-corrected chi connectivity index (χ4v) is 2.38. The second-order valence-electron chi connectivity index (χ2n) is 5.10. The highest BCUT2D eigenvalue weighted by atomic mass is 16.6. The molecule has 1 saturated heterocycles. The number of hydrogen-bond donors (Lipinski definition) is 2. The number of anilines is 1. The number of benzene rings is 1. The van der Waals surface area contributed by atoms with Gasteiger partial charge in [-0.25, -0.2) is 4.99 Å². The molecular formula is C13H20N6O3. The normalized spacial score (nSPS) is 15.5. The third-order valence-electron chi connectivity index (χ3n) is 3.57. The Kier molecular flexibility index (Phi) is 4.66. The first kappa shape index (κ1) is 15.8. The van der Waals surface area contributed by atoms with Gasteiger partial charge in [0.25, 0.3) is 5.69 Å². The minimum absolute atomic E-state index is 0.0367. The van der Waals surface area contributed by atoms with Crippen LogP contribution >= 0.6 is 0 Å². The summed E-state index contributed by atoms with van der Waals surface area (Å²) in [5.74, 6) is 0.216. The molecule has 9 nitrogen and oxygen atoms in total. The van der Waals surface area contributed by atoms with Crippen LogP contribution in [0.1, 0.15) is 0 Å². The van der Waals surface area contributed by atoms with Crippen molar-refractivity contribution in [1.82, 2.24) is 4.90 Å². The molecule has 9 heteroatoms. The van der Waals surface area contributed by atoms with Crippen LogP contribution in [0.25, 0.3) is 0 Å². The highest BCUT2D eigenvalue weighted by Crippen LogP contribution is 2.40. The van der Waals surface area contributed by atoms with Gasteiger partial charge in [-0.1, -0.05) is 0 Å². The van der Waals surface area contributed by atoms with Gasteiger partial charge in [0.15, 0.2) is 5.96 Å². The lowest BCUT2D eigenvalue weighted by Crippen LogP contribution is -2.44. The van der Waals surface area contributed by atoms with Crippen molar-refractivity contribution >= 4 is 23.0 Å². The van der Waals surface area contributed by atoms with E-state index in [1.165, 1.54) is 13.2 Å². The van der Waals surface area contributed by atoms with Gasteiger partial charge in [0.2, 0.25) is 0 Å². The molecule has 0 radical (unpaired) electrons. The van der Waals surface area contributed by atoms with Crippen molar-refractivity contribution in [1.29, 1.82) is 0 Å². The van der Waals surface area contributed by atoms with Crippen molar-refractivity contribution < 1.29 is 9.66 Å². The van der Waals surface area contributed by atoms with Gasteiger partial charge in [-0.05, 0) is 7.05 Å². The monoisotopic (exact) mass is 308 g/mol. The zero-order valence-corrected chi connectivity index (χ0v) is 12.7. The Labute approximate surface area is 128 Å². The Bertz CT molecular complexity index is 592. The molecule has 1 heterocycles. The molecule has 0 amide bonds. The van der Waals surface area contributed by atoms with Crippen molar-refractivity contribution in [3.63, 3.8) is 0 Å². The second-order valence-corrected chi connectivity index (χ2v) is 5.10. The molecule has 1 aromatic rings. The molecular weight excluding hydrogens is 288 g/mol. The maximum atomic E-state index is 11.4. The summed E-state index contributed by atoms with van der Waals surface area (Å²) < 4.78 is 5.26. The fourth-order valence-electron chi connectivity index (χ4n) is 2.38. The van der Waals surface area contributed by atoms with E-state index in [-0.39, 0.29) is 17.3 Å². The molecule has 0 saturated carbocycles.